The van der Waals surface area contributed by atoms with Crippen LogP contribution < -0.4 is 0 Å². The van der Waals surface area contributed by atoms with Gasteiger partial charge in [-0.05, 0) is 35.7 Å². The summed E-state index contributed by atoms with van der Waals surface area (Å²) in [7, 11) is 1.35. The van der Waals surface area contributed by atoms with Crippen LogP contribution in [0, 0.1) is 0 Å². The topological polar surface area (TPSA) is 71.8 Å². The Kier molecular flexibility index (Phi) is 4.32. The summed E-state index contributed by atoms with van der Waals surface area (Å²) in [4.78, 5) is 26.7. The SMILES string of the molecule is COC(=O)c1cn(CC(=O)N2CCc3ccc(O)cc3C2)c2ccccc12. The van der Waals surface area contributed by atoms with Gasteiger partial charge in [0.15, 0.2) is 0 Å². The lowest BCUT2D eigenvalue weighted by Crippen LogP contribution is -2.37. The van der Waals surface area contributed by atoms with E-state index in [4.69, 9.17) is 4.74 Å². The van der Waals surface area contributed by atoms with E-state index in [1.807, 2.05) is 30.3 Å². The van der Waals surface area contributed by atoms with Gasteiger partial charge in [0.05, 0.1) is 12.7 Å². The number of carbonyl (C=O) groups is 2. The number of hydrogen-bond acceptors (Lipinski definition) is 4. The van der Waals surface area contributed by atoms with Crippen molar-refractivity contribution in [2.45, 2.75) is 19.5 Å². The molecule has 0 radical (unpaired) electrons. The molecule has 0 saturated carbocycles. The minimum absolute atomic E-state index is 0.0267. The maximum atomic E-state index is 12.9. The number of hydrogen-bond donors (Lipinski definition) is 1. The van der Waals surface area contributed by atoms with Gasteiger partial charge in [0.25, 0.3) is 0 Å². The first-order chi connectivity index (χ1) is 13.1. The predicted octanol–water partition coefficient (Wildman–Crippen LogP) is 2.72. The second kappa shape index (κ2) is 6.79. The van der Waals surface area contributed by atoms with E-state index in [1.165, 1.54) is 7.11 Å². The van der Waals surface area contributed by atoms with Crippen LogP contribution in [0.15, 0.2) is 48.7 Å². The zero-order valence-corrected chi connectivity index (χ0v) is 15.0. The number of aromatic hydroxyl groups is 1. The number of benzene rings is 2. The number of amides is 1. The lowest BCUT2D eigenvalue weighted by molar-refractivity contribution is -0.132. The first-order valence-corrected chi connectivity index (χ1v) is 8.81. The standard InChI is InChI=1S/C21H20N2O4/c1-27-21(26)18-12-23(19-5-3-2-4-17(18)19)13-20(25)22-9-8-14-6-7-16(24)10-15(14)11-22/h2-7,10,12,24H,8-9,11,13H2,1H3. The van der Waals surface area contributed by atoms with Gasteiger partial charge < -0.3 is 19.3 Å². The molecular formula is C21H20N2O4. The Morgan fingerprint density at radius 1 is 1.15 bits per heavy atom. The number of esters is 1. The van der Waals surface area contributed by atoms with Crippen molar-refractivity contribution in [2.24, 2.45) is 0 Å². The maximum absolute atomic E-state index is 12.9. The molecule has 1 aliphatic rings. The molecular weight excluding hydrogens is 344 g/mol. The summed E-state index contributed by atoms with van der Waals surface area (Å²) >= 11 is 0. The smallest absolute Gasteiger partial charge is 0.340 e. The Hall–Kier alpha value is -3.28. The Labute approximate surface area is 156 Å². The summed E-state index contributed by atoms with van der Waals surface area (Å²) in [6.07, 6.45) is 2.44. The van der Waals surface area contributed by atoms with Crippen LogP contribution in [-0.4, -0.2) is 40.1 Å². The van der Waals surface area contributed by atoms with Crippen LogP contribution in [0.25, 0.3) is 10.9 Å². The number of ether oxygens (including phenoxy) is 1. The highest BCUT2D eigenvalue weighted by Crippen LogP contribution is 2.25. The number of rotatable bonds is 3. The van der Waals surface area contributed by atoms with Crippen molar-refractivity contribution < 1.29 is 19.4 Å². The van der Waals surface area contributed by atoms with Gasteiger partial charge in [0.2, 0.25) is 5.91 Å². The van der Waals surface area contributed by atoms with Gasteiger partial charge in [-0.25, -0.2) is 4.79 Å². The number of carbonyl (C=O) groups excluding carboxylic acids is 2. The zero-order valence-electron chi connectivity index (χ0n) is 15.0. The molecule has 6 heteroatoms. The summed E-state index contributed by atoms with van der Waals surface area (Å²) in [6.45, 7) is 1.26. The second-order valence-electron chi connectivity index (χ2n) is 6.70. The second-order valence-corrected chi connectivity index (χ2v) is 6.70. The van der Waals surface area contributed by atoms with E-state index in [0.717, 1.165) is 28.5 Å². The molecule has 6 nitrogen and oxygen atoms in total. The average molecular weight is 364 g/mol. The van der Waals surface area contributed by atoms with Crippen molar-refractivity contribution in [1.82, 2.24) is 9.47 Å². The number of para-hydroxylation sites is 1. The fraction of sp³-hybridized carbons (Fsp3) is 0.238. The minimum Gasteiger partial charge on any atom is -0.508 e. The van der Waals surface area contributed by atoms with Gasteiger partial charge in [-0.2, -0.15) is 0 Å². The van der Waals surface area contributed by atoms with Crippen molar-refractivity contribution in [1.29, 1.82) is 0 Å². The fourth-order valence-electron chi connectivity index (χ4n) is 3.65. The van der Waals surface area contributed by atoms with Crippen molar-refractivity contribution in [3.63, 3.8) is 0 Å². The molecule has 1 amide bonds. The number of aromatic nitrogens is 1. The van der Waals surface area contributed by atoms with E-state index in [1.54, 1.807) is 27.8 Å². The van der Waals surface area contributed by atoms with Crippen LogP contribution in [0.4, 0.5) is 0 Å². The van der Waals surface area contributed by atoms with Crippen LogP contribution in [0.5, 0.6) is 5.75 Å². The van der Waals surface area contributed by atoms with Crippen molar-refractivity contribution in [3.8, 4) is 5.75 Å². The van der Waals surface area contributed by atoms with E-state index >= 15 is 0 Å². The normalized spacial score (nSPS) is 13.4. The largest absolute Gasteiger partial charge is 0.508 e. The van der Waals surface area contributed by atoms with Gasteiger partial charge in [-0.3, -0.25) is 4.79 Å². The predicted molar refractivity (Wildman–Crippen MR) is 101 cm³/mol. The zero-order chi connectivity index (χ0) is 19.0. The van der Waals surface area contributed by atoms with Gasteiger partial charge in [0, 0.05) is 30.2 Å². The number of nitrogens with zero attached hydrogens (tertiary/aromatic N) is 2. The van der Waals surface area contributed by atoms with Crippen LogP contribution in [0.3, 0.4) is 0 Å². The van der Waals surface area contributed by atoms with Crippen LogP contribution >= 0.6 is 0 Å². The van der Waals surface area contributed by atoms with Crippen molar-refractivity contribution in [2.75, 3.05) is 13.7 Å². The summed E-state index contributed by atoms with van der Waals surface area (Å²) in [6, 6.07) is 12.8. The Bertz CT molecular complexity index is 1040. The number of phenols is 1. The third-order valence-corrected chi connectivity index (χ3v) is 5.05. The highest BCUT2D eigenvalue weighted by Gasteiger charge is 2.23. The maximum Gasteiger partial charge on any atom is 0.340 e. The molecule has 27 heavy (non-hydrogen) atoms. The van der Waals surface area contributed by atoms with E-state index < -0.39 is 5.97 Å². The van der Waals surface area contributed by atoms with Gasteiger partial charge >= 0.3 is 5.97 Å². The lowest BCUT2D eigenvalue weighted by atomic mass is 9.99. The van der Waals surface area contributed by atoms with E-state index in [2.05, 4.69) is 0 Å². The van der Waals surface area contributed by atoms with Gasteiger partial charge in [-0.15, -0.1) is 0 Å². The summed E-state index contributed by atoms with van der Waals surface area (Å²) in [5, 5.41) is 10.5. The quantitative estimate of drug-likeness (QED) is 0.726. The Morgan fingerprint density at radius 3 is 2.78 bits per heavy atom. The molecule has 0 fully saturated rings. The first kappa shape index (κ1) is 17.1. The summed E-state index contributed by atoms with van der Waals surface area (Å²) in [5.41, 5.74) is 3.41. The van der Waals surface area contributed by atoms with Crippen LogP contribution in [0.2, 0.25) is 0 Å². The molecule has 0 unspecified atom stereocenters. The van der Waals surface area contributed by atoms with Gasteiger partial charge in [0.1, 0.15) is 12.3 Å². The summed E-state index contributed by atoms with van der Waals surface area (Å²) < 4.78 is 6.65. The molecule has 1 aromatic heterocycles. The van der Waals surface area contributed by atoms with Crippen LogP contribution in [0.1, 0.15) is 21.5 Å². The molecule has 4 rings (SSSR count). The minimum atomic E-state index is -0.417. The number of fused-ring (bicyclic) bond motifs is 2. The van der Waals surface area contributed by atoms with E-state index in [9.17, 15) is 14.7 Å². The molecule has 1 N–H and O–H groups in total. The Balaban J connectivity index is 1.59. The average Bonchev–Trinajstić information content (AvgIpc) is 3.05. The third kappa shape index (κ3) is 3.14. The highest BCUT2D eigenvalue weighted by molar-refractivity contribution is 6.04. The van der Waals surface area contributed by atoms with Gasteiger partial charge in [-0.1, -0.05) is 24.3 Å². The highest BCUT2D eigenvalue weighted by atomic mass is 16.5. The first-order valence-electron chi connectivity index (χ1n) is 8.81. The lowest BCUT2D eigenvalue weighted by Gasteiger charge is -2.29. The van der Waals surface area contributed by atoms with E-state index in [0.29, 0.717) is 18.7 Å². The van der Waals surface area contributed by atoms with E-state index in [-0.39, 0.29) is 18.2 Å². The molecule has 1 aliphatic heterocycles. The van der Waals surface area contributed by atoms with Crippen molar-refractivity contribution >= 4 is 22.8 Å². The summed E-state index contributed by atoms with van der Waals surface area (Å²) in [5.74, 6) is -0.233. The van der Waals surface area contributed by atoms with Crippen LogP contribution in [-0.2, 0) is 29.0 Å². The molecule has 0 bridgehead atoms. The third-order valence-electron chi connectivity index (χ3n) is 5.05. The number of methoxy groups -OCH3 is 1. The molecule has 0 spiro atoms. The molecule has 0 saturated heterocycles. The fourth-order valence-corrected chi connectivity index (χ4v) is 3.65. The molecule has 2 aromatic carbocycles. The van der Waals surface area contributed by atoms with Crippen molar-refractivity contribution in [3.05, 3.63) is 65.4 Å². The molecule has 2 heterocycles. The molecule has 138 valence electrons. The number of phenolic OH excluding ortho intramolecular Hbond substituents is 1. The monoisotopic (exact) mass is 364 g/mol. The molecule has 3 aromatic rings. The Morgan fingerprint density at radius 2 is 1.96 bits per heavy atom. The molecule has 0 aliphatic carbocycles. The molecule has 0 atom stereocenters.